The van der Waals surface area contributed by atoms with Gasteiger partial charge in [-0.1, -0.05) is 31.9 Å². The predicted octanol–water partition coefficient (Wildman–Crippen LogP) is 3.89. The van der Waals surface area contributed by atoms with Gasteiger partial charge in [-0.15, -0.1) is 0 Å². The van der Waals surface area contributed by atoms with Crippen LogP contribution in [0.1, 0.15) is 49.8 Å². The first-order valence-electron chi connectivity index (χ1n) is 9.84. The average Bonchev–Trinajstić information content (AvgIpc) is 3.36. The van der Waals surface area contributed by atoms with Crippen molar-refractivity contribution in [1.29, 1.82) is 0 Å². The second-order valence-corrected chi connectivity index (χ2v) is 7.04. The third-order valence-corrected chi connectivity index (χ3v) is 5.09. The van der Waals surface area contributed by atoms with Gasteiger partial charge >= 0.3 is 0 Å². The number of carbonyl (C=O) groups excluding carboxylic acids is 1. The summed E-state index contributed by atoms with van der Waals surface area (Å²) in [6.45, 7) is 3.10. The molecule has 0 saturated heterocycles. The summed E-state index contributed by atoms with van der Waals surface area (Å²) in [6.07, 6.45) is 7.46. The number of fused-ring (bicyclic) bond motifs is 2. The molecule has 3 aromatic rings. The van der Waals surface area contributed by atoms with Crippen LogP contribution in [0.2, 0.25) is 0 Å². The van der Waals surface area contributed by atoms with Crippen LogP contribution in [0, 0.1) is 0 Å². The van der Waals surface area contributed by atoms with Crippen molar-refractivity contribution in [2.45, 2.75) is 38.5 Å². The summed E-state index contributed by atoms with van der Waals surface area (Å²) in [4.78, 5) is 17.2. The molecule has 6 nitrogen and oxygen atoms in total. The van der Waals surface area contributed by atoms with Crippen LogP contribution in [-0.4, -0.2) is 28.6 Å². The Bertz CT molecular complexity index is 967. The van der Waals surface area contributed by atoms with Crippen LogP contribution in [0.5, 0.6) is 11.5 Å². The van der Waals surface area contributed by atoms with Crippen LogP contribution in [0.25, 0.3) is 5.65 Å². The Morgan fingerprint density at radius 3 is 3.00 bits per heavy atom. The van der Waals surface area contributed by atoms with Crippen LogP contribution in [0.15, 0.2) is 48.8 Å². The molecule has 1 N–H and O–H groups in total. The van der Waals surface area contributed by atoms with Crippen molar-refractivity contribution in [3.8, 4) is 11.5 Å². The van der Waals surface area contributed by atoms with Gasteiger partial charge in [-0.05, 0) is 36.2 Å². The van der Waals surface area contributed by atoms with Crippen LogP contribution < -0.4 is 14.8 Å². The summed E-state index contributed by atoms with van der Waals surface area (Å²) in [6, 6.07) is 11.8. The number of carbonyl (C=O) groups is 1. The lowest BCUT2D eigenvalue weighted by atomic mass is 9.92. The van der Waals surface area contributed by atoms with E-state index in [0.29, 0.717) is 13.0 Å². The number of unbranched alkanes of at least 4 members (excludes halogenated alkanes) is 2. The van der Waals surface area contributed by atoms with Gasteiger partial charge in [-0.25, -0.2) is 4.98 Å². The van der Waals surface area contributed by atoms with E-state index in [9.17, 15) is 4.79 Å². The summed E-state index contributed by atoms with van der Waals surface area (Å²) < 4.78 is 13.0. The number of ether oxygens (including phenoxy) is 2. The monoisotopic (exact) mass is 379 g/mol. The number of aromatic nitrogens is 2. The third-order valence-electron chi connectivity index (χ3n) is 5.09. The summed E-state index contributed by atoms with van der Waals surface area (Å²) >= 11 is 0. The molecule has 1 atom stereocenters. The van der Waals surface area contributed by atoms with Gasteiger partial charge in [-0.2, -0.15) is 0 Å². The summed E-state index contributed by atoms with van der Waals surface area (Å²) in [5, 5.41) is 3.06. The number of rotatable bonds is 8. The Balaban J connectivity index is 1.62. The molecular weight excluding hydrogens is 354 g/mol. The van der Waals surface area contributed by atoms with Crippen molar-refractivity contribution in [3.05, 3.63) is 60.0 Å². The van der Waals surface area contributed by atoms with E-state index in [1.165, 1.54) is 0 Å². The highest BCUT2D eigenvalue weighted by Gasteiger charge is 2.24. The number of amides is 1. The van der Waals surface area contributed by atoms with Gasteiger partial charge in [0.15, 0.2) is 11.5 Å². The molecule has 0 aliphatic carbocycles. The van der Waals surface area contributed by atoms with E-state index in [4.69, 9.17) is 9.47 Å². The van der Waals surface area contributed by atoms with Gasteiger partial charge in [-0.3, -0.25) is 4.79 Å². The fraction of sp³-hybridized carbons (Fsp3) is 0.364. The van der Waals surface area contributed by atoms with Crippen molar-refractivity contribution < 1.29 is 14.3 Å². The number of nitrogens with zero attached hydrogens (tertiary/aromatic N) is 2. The smallest absolute Gasteiger partial charge is 0.231 e. The fourth-order valence-electron chi connectivity index (χ4n) is 3.59. The van der Waals surface area contributed by atoms with Gasteiger partial charge in [0.2, 0.25) is 12.7 Å². The second kappa shape index (κ2) is 8.33. The maximum absolute atomic E-state index is 12.7. The molecule has 6 heteroatoms. The van der Waals surface area contributed by atoms with Crippen LogP contribution >= 0.6 is 0 Å². The molecule has 1 amide bonds. The summed E-state index contributed by atoms with van der Waals surface area (Å²) in [7, 11) is 0. The maximum atomic E-state index is 12.7. The highest BCUT2D eigenvalue weighted by molar-refractivity contribution is 5.77. The van der Waals surface area contributed by atoms with Crippen LogP contribution in [-0.2, 0) is 4.79 Å². The molecule has 28 heavy (non-hydrogen) atoms. The van der Waals surface area contributed by atoms with Crippen LogP contribution in [0.4, 0.5) is 0 Å². The lowest BCUT2D eigenvalue weighted by Crippen LogP contribution is -2.26. The van der Waals surface area contributed by atoms with E-state index in [2.05, 4.69) is 17.2 Å². The molecule has 2 aromatic heterocycles. The van der Waals surface area contributed by atoms with Crippen molar-refractivity contribution in [2.75, 3.05) is 13.3 Å². The van der Waals surface area contributed by atoms with Gasteiger partial charge in [0, 0.05) is 31.3 Å². The van der Waals surface area contributed by atoms with E-state index in [-0.39, 0.29) is 18.6 Å². The van der Waals surface area contributed by atoms with Gasteiger partial charge < -0.3 is 19.2 Å². The zero-order valence-electron chi connectivity index (χ0n) is 16.1. The Hall–Kier alpha value is -3.02. The minimum Gasteiger partial charge on any atom is -0.454 e. The van der Waals surface area contributed by atoms with Gasteiger partial charge in [0.05, 0.1) is 5.69 Å². The normalized spacial score (nSPS) is 13.6. The number of hydrogen-bond donors (Lipinski definition) is 1. The highest BCUT2D eigenvalue weighted by atomic mass is 16.7. The maximum Gasteiger partial charge on any atom is 0.231 e. The van der Waals surface area contributed by atoms with Crippen molar-refractivity contribution in [1.82, 2.24) is 14.7 Å². The molecule has 0 radical (unpaired) electrons. The first-order valence-corrected chi connectivity index (χ1v) is 9.84. The Morgan fingerprint density at radius 2 is 2.11 bits per heavy atom. The largest absolute Gasteiger partial charge is 0.454 e. The summed E-state index contributed by atoms with van der Waals surface area (Å²) in [5.41, 5.74) is 2.86. The lowest BCUT2D eigenvalue weighted by Gasteiger charge is -2.18. The minimum atomic E-state index is -0.127. The first kappa shape index (κ1) is 18.3. The minimum absolute atomic E-state index is 0.0460. The molecule has 0 fully saturated rings. The Morgan fingerprint density at radius 1 is 1.21 bits per heavy atom. The van der Waals surface area contributed by atoms with Crippen molar-refractivity contribution in [3.63, 3.8) is 0 Å². The molecule has 1 aromatic carbocycles. The zero-order valence-corrected chi connectivity index (χ0v) is 16.1. The molecule has 146 valence electrons. The fourth-order valence-corrected chi connectivity index (χ4v) is 3.59. The van der Waals surface area contributed by atoms with E-state index < -0.39 is 0 Å². The molecular formula is C22H25N3O3. The topological polar surface area (TPSA) is 64.9 Å². The van der Waals surface area contributed by atoms with Crippen molar-refractivity contribution in [2.24, 2.45) is 0 Å². The molecule has 0 spiro atoms. The van der Waals surface area contributed by atoms with Gasteiger partial charge in [0.1, 0.15) is 5.65 Å². The summed E-state index contributed by atoms with van der Waals surface area (Å²) in [5.74, 6) is 1.38. The highest BCUT2D eigenvalue weighted by Crippen LogP contribution is 2.37. The number of benzene rings is 1. The molecule has 1 aliphatic heterocycles. The Labute approximate surface area is 164 Å². The number of nitrogens with one attached hydrogen (secondary N) is 1. The third kappa shape index (κ3) is 3.81. The van der Waals surface area contributed by atoms with E-state index in [1.807, 2.05) is 53.2 Å². The van der Waals surface area contributed by atoms with Crippen LogP contribution in [0.3, 0.4) is 0 Å². The Kier molecular flexibility index (Phi) is 5.46. The van der Waals surface area contributed by atoms with Crippen molar-refractivity contribution >= 4 is 11.6 Å². The number of hydrogen-bond acceptors (Lipinski definition) is 4. The van der Waals surface area contributed by atoms with Gasteiger partial charge in [0.25, 0.3) is 0 Å². The zero-order chi connectivity index (χ0) is 19.3. The van der Waals surface area contributed by atoms with E-state index in [0.717, 1.165) is 47.7 Å². The number of imidazole rings is 1. The predicted molar refractivity (Wildman–Crippen MR) is 107 cm³/mol. The molecule has 1 aliphatic rings. The SMILES string of the molecule is CCCCCNC(=O)C[C@H](c1ccc2c(c1)OCO2)c1cnc2ccccn12. The standard InChI is InChI=1S/C22H25N3O3/c1-2-3-5-10-23-22(26)13-17(16-8-9-19-20(12-16)28-15-27-19)18-14-24-21-7-4-6-11-25(18)21/h4,6-9,11-12,14,17H,2-3,5,10,13,15H2,1H3,(H,23,26)/t17-/m1/s1. The molecule has 0 saturated carbocycles. The molecule has 3 heterocycles. The second-order valence-electron chi connectivity index (χ2n) is 7.04. The molecule has 0 unspecified atom stereocenters. The average molecular weight is 379 g/mol. The molecule has 4 rings (SSSR count). The lowest BCUT2D eigenvalue weighted by molar-refractivity contribution is -0.121. The van der Waals surface area contributed by atoms with E-state index in [1.54, 1.807) is 0 Å². The first-order chi connectivity index (χ1) is 13.8. The van der Waals surface area contributed by atoms with E-state index >= 15 is 0 Å². The molecule has 0 bridgehead atoms. The quantitative estimate of drug-likeness (QED) is 0.603. The number of pyridine rings is 1.